The van der Waals surface area contributed by atoms with Crippen LogP contribution in [0.25, 0.3) is 0 Å². The van der Waals surface area contributed by atoms with Crippen LogP contribution >= 0.6 is 23.2 Å². The molecule has 2 aliphatic heterocycles. The van der Waals surface area contributed by atoms with E-state index in [9.17, 15) is 18.0 Å². The quantitative estimate of drug-likeness (QED) is 0.474. The topological polar surface area (TPSA) is 108 Å². The van der Waals surface area contributed by atoms with E-state index >= 15 is 0 Å². The molecule has 5 rings (SSSR count). The zero-order valence-corrected chi connectivity index (χ0v) is 24.5. The van der Waals surface area contributed by atoms with Crippen molar-refractivity contribution in [1.29, 1.82) is 0 Å². The molecule has 2 fully saturated rings. The molecule has 1 N–H and O–H groups in total. The average molecular weight is 608 g/mol. The number of amides is 2. The van der Waals surface area contributed by atoms with E-state index in [0.717, 1.165) is 38.8 Å². The summed E-state index contributed by atoms with van der Waals surface area (Å²) < 4.78 is 34.4. The number of carbonyl (C=O) groups excluding carboxylic acids is 2. The predicted molar refractivity (Wildman–Crippen MR) is 154 cm³/mol. The number of hydrogen-bond acceptors (Lipinski definition) is 7. The number of rotatable bonds is 7. The molecule has 0 spiro atoms. The van der Waals surface area contributed by atoms with E-state index < -0.39 is 15.9 Å². The van der Waals surface area contributed by atoms with Crippen LogP contribution in [0.15, 0.2) is 52.5 Å². The maximum absolute atomic E-state index is 13.0. The first-order valence-corrected chi connectivity index (χ1v) is 15.7. The third-order valence-corrected chi connectivity index (χ3v) is 9.86. The van der Waals surface area contributed by atoms with Crippen molar-refractivity contribution in [2.45, 2.75) is 68.9 Å². The van der Waals surface area contributed by atoms with Crippen LogP contribution in [0, 0.1) is 5.92 Å². The van der Waals surface area contributed by atoms with Gasteiger partial charge in [-0.1, -0.05) is 29.3 Å². The zero-order valence-electron chi connectivity index (χ0n) is 22.2. The number of piperidine rings is 1. The molecule has 1 saturated heterocycles. The molecule has 214 valence electrons. The van der Waals surface area contributed by atoms with E-state index in [0.29, 0.717) is 46.1 Å². The highest BCUT2D eigenvalue weighted by molar-refractivity contribution is 7.90. The minimum atomic E-state index is -4.09. The Morgan fingerprint density at radius 2 is 1.73 bits per heavy atom. The van der Waals surface area contributed by atoms with Crippen LogP contribution in [-0.2, 0) is 19.6 Å². The minimum Gasteiger partial charge on any atom is -0.490 e. The number of benzene rings is 2. The molecule has 2 aromatic carbocycles. The van der Waals surface area contributed by atoms with Gasteiger partial charge < -0.3 is 9.64 Å². The molecule has 12 heteroatoms. The summed E-state index contributed by atoms with van der Waals surface area (Å²) >= 11 is 12.1. The first-order valence-electron chi connectivity index (χ1n) is 13.5. The van der Waals surface area contributed by atoms with E-state index in [1.165, 1.54) is 23.2 Å². The first kappa shape index (κ1) is 28.9. The van der Waals surface area contributed by atoms with Crippen LogP contribution in [0.1, 0.15) is 51.9 Å². The van der Waals surface area contributed by atoms with Crippen LogP contribution in [-0.4, -0.2) is 56.1 Å². The van der Waals surface area contributed by atoms with E-state index in [4.69, 9.17) is 27.9 Å². The predicted octanol–water partition coefficient (Wildman–Crippen LogP) is 5.01. The van der Waals surface area contributed by atoms with Gasteiger partial charge in [0, 0.05) is 36.8 Å². The van der Waals surface area contributed by atoms with Crippen molar-refractivity contribution in [2.75, 3.05) is 18.1 Å². The van der Waals surface area contributed by atoms with Gasteiger partial charge >= 0.3 is 0 Å². The number of hydrogen-bond donors (Lipinski definition) is 1. The zero-order chi connectivity index (χ0) is 28.4. The lowest BCUT2D eigenvalue weighted by Crippen LogP contribution is -2.46. The lowest BCUT2D eigenvalue weighted by Gasteiger charge is -2.40. The normalized spacial score (nSPS) is 22.7. The standard InChI is InChI=1S/C28H32Cl2N4O5S/c1-18-15-27(35)34(31-18)21-3-2-4-24(16-21)40(37,38)32-28(36)19-5-7-20(8-6-19)33-13-11-22(12-14-33)39-23-9-10-25(29)26(30)17-23/h2-4,9-10,16-17,19-20,22H,5-8,11-15H2,1H3,(H,32,36)/t19-,20-. The molecular formula is C28H32Cl2N4O5S. The van der Waals surface area contributed by atoms with E-state index in [2.05, 4.69) is 14.7 Å². The van der Waals surface area contributed by atoms with Gasteiger partial charge in [-0.2, -0.15) is 5.10 Å². The van der Waals surface area contributed by atoms with E-state index in [-0.39, 0.29) is 29.2 Å². The van der Waals surface area contributed by atoms with Crippen molar-refractivity contribution < 1.29 is 22.7 Å². The molecule has 1 saturated carbocycles. The molecule has 0 radical (unpaired) electrons. The fourth-order valence-electron chi connectivity index (χ4n) is 5.62. The molecule has 0 atom stereocenters. The van der Waals surface area contributed by atoms with Crippen molar-refractivity contribution in [3.63, 3.8) is 0 Å². The first-order chi connectivity index (χ1) is 19.1. The van der Waals surface area contributed by atoms with Gasteiger partial charge in [0.15, 0.2) is 0 Å². The summed E-state index contributed by atoms with van der Waals surface area (Å²) in [6.07, 6.45) is 5.02. The number of halogens is 2. The summed E-state index contributed by atoms with van der Waals surface area (Å²) in [6, 6.07) is 11.6. The Labute approximate surface area is 244 Å². The Bertz CT molecular complexity index is 1420. The van der Waals surface area contributed by atoms with Gasteiger partial charge in [-0.05, 0) is 75.8 Å². The van der Waals surface area contributed by atoms with Crippen molar-refractivity contribution in [3.8, 4) is 5.75 Å². The minimum absolute atomic E-state index is 0.0782. The maximum atomic E-state index is 13.0. The summed E-state index contributed by atoms with van der Waals surface area (Å²) in [5.41, 5.74) is 1.01. The number of anilines is 1. The second-order valence-corrected chi connectivity index (χ2v) is 13.1. The third kappa shape index (κ3) is 6.62. The highest BCUT2D eigenvalue weighted by atomic mass is 35.5. The number of sulfonamides is 1. The smallest absolute Gasteiger partial charge is 0.264 e. The SMILES string of the molecule is CC1=NN(c2cccc(S(=O)(=O)NC(=O)[C@H]3CC[C@H](N4CCC(Oc5ccc(Cl)c(Cl)c5)CC4)CC3)c2)C(=O)C1. The van der Waals surface area contributed by atoms with Crippen LogP contribution in [0.2, 0.25) is 10.0 Å². The molecule has 2 aromatic rings. The number of nitrogens with zero attached hydrogens (tertiary/aromatic N) is 3. The fraction of sp³-hybridized carbons (Fsp3) is 0.464. The van der Waals surface area contributed by atoms with Gasteiger partial charge in [-0.25, -0.2) is 18.1 Å². The molecular weight excluding hydrogens is 575 g/mol. The van der Waals surface area contributed by atoms with Crippen LogP contribution in [0.5, 0.6) is 5.75 Å². The van der Waals surface area contributed by atoms with Gasteiger partial charge in [-0.3, -0.25) is 9.59 Å². The Hall–Kier alpha value is -2.66. The Morgan fingerprint density at radius 3 is 2.38 bits per heavy atom. The molecule has 2 amide bonds. The largest absolute Gasteiger partial charge is 0.490 e. The molecule has 3 aliphatic rings. The monoisotopic (exact) mass is 606 g/mol. The van der Waals surface area contributed by atoms with Crippen LogP contribution < -0.4 is 14.5 Å². The maximum Gasteiger partial charge on any atom is 0.264 e. The second kappa shape index (κ2) is 12.1. The molecule has 40 heavy (non-hydrogen) atoms. The summed E-state index contributed by atoms with van der Waals surface area (Å²) in [4.78, 5) is 27.5. The number of ether oxygens (including phenoxy) is 1. The number of nitrogens with one attached hydrogen (secondary N) is 1. The number of hydrazone groups is 1. The fourth-order valence-corrected chi connectivity index (χ4v) is 6.99. The van der Waals surface area contributed by atoms with Gasteiger partial charge in [0.05, 0.1) is 27.0 Å². The summed E-state index contributed by atoms with van der Waals surface area (Å²) in [6.45, 7) is 3.55. The van der Waals surface area contributed by atoms with Crippen molar-refractivity contribution in [1.82, 2.24) is 9.62 Å². The Kier molecular flexibility index (Phi) is 8.70. The van der Waals surface area contributed by atoms with Crippen LogP contribution in [0.4, 0.5) is 5.69 Å². The van der Waals surface area contributed by atoms with Gasteiger partial charge in [-0.15, -0.1) is 0 Å². The molecule has 0 bridgehead atoms. The summed E-state index contributed by atoms with van der Waals surface area (Å²) in [5, 5.41) is 6.34. The van der Waals surface area contributed by atoms with Crippen LogP contribution in [0.3, 0.4) is 0 Å². The third-order valence-electron chi connectivity index (χ3n) is 7.78. The van der Waals surface area contributed by atoms with E-state index in [1.807, 2.05) is 6.07 Å². The second-order valence-electron chi connectivity index (χ2n) is 10.6. The molecule has 1 aliphatic carbocycles. The summed E-state index contributed by atoms with van der Waals surface area (Å²) in [5.74, 6) is -0.355. The lowest BCUT2D eigenvalue weighted by atomic mass is 9.84. The number of likely N-dealkylation sites (tertiary alicyclic amines) is 1. The molecule has 2 heterocycles. The van der Waals surface area contributed by atoms with Gasteiger partial charge in [0.1, 0.15) is 11.9 Å². The average Bonchev–Trinajstić information content (AvgIpc) is 3.28. The highest BCUT2D eigenvalue weighted by Crippen LogP contribution is 2.32. The highest BCUT2D eigenvalue weighted by Gasteiger charge is 2.33. The molecule has 9 nitrogen and oxygen atoms in total. The van der Waals surface area contributed by atoms with Gasteiger partial charge in [0.25, 0.3) is 15.9 Å². The summed E-state index contributed by atoms with van der Waals surface area (Å²) in [7, 11) is -4.09. The molecule has 0 aromatic heterocycles. The molecule has 0 unspecified atom stereocenters. The number of carbonyl (C=O) groups is 2. The Morgan fingerprint density at radius 1 is 1.00 bits per heavy atom. The lowest BCUT2D eigenvalue weighted by molar-refractivity contribution is -0.124. The van der Waals surface area contributed by atoms with Crippen molar-refractivity contribution in [2.24, 2.45) is 11.0 Å². The van der Waals surface area contributed by atoms with Crippen molar-refractivity contribution >= 4 is 56.4 Å². The van der Waals surface area contributed by atoms with E-state index in [1.54, 1.807) is 25.1 Å². The Balaban J connectivity index is 1.10. The van der Waals surface area contributed by atoms with Crippen molar-refractivity contribution in [3.05, 3.63) is 52.5 Å². The van der Waals surface area contributed by atoms with Gasteiger partial charge in [0.2, 0.25) is 5.91 Å².